The molecule has 0 aliphatic carbocycles. The van der Waals surface area contributed by atoms with E-state index in [0.29, 0.717) is 6.61 Å². The van der Waals surface area contributed by atoms with Crippen LogP contribution in [0.25, 0.3) is 0 Å². The molecule has 0 bridgehead atoms. The molecule has 0 aromatic carbocycles. The second-order valence-electron chi connectivity index (χ2n) is 2.80. The van der Waals surface area contributed by atoms with Gasteiger partial charge in [-0.3, -0.25) is 9.59 Å². The first-order valence-corrected chi connectivity index (χ1v) is 4.28. The summed E-state index contributed by atoms with van der Waals surface area (Å²) in [6.45, 7) is 2.33. The van der Waals surface area contributed by atoms with E-state index in [-0.39, 0.29) is 18.8 Å². The average molecular weight is 225 g/mol. The Morgan fingerprint density at radius 2 is 2.00 bits per heavy atom. The Bertz CT molecular complexity index is 187. The molecule has 0 rings (SSSR count). The van der Waals surface area contributed by atoms with E-state index in [4.69, 9.17) is 16.2 Å². The molecule has 5 nitrogen and oxygen atoms in total. The minimum Gasteiger partial charge on any atom is -0.465 e. The van der Waals surface area contributed by atoms with Gasteiger partial charge in [0.05, 0.1) is 13.0 Å². The highest BCUT2D eigenvalue weighted by molar-refractivity contribution is 5.85. The number of hydrogen-bond acceptors (Lipinski definition) is 4. The molecule has 1 amide bonds. The molecule has 84 valence electrons. The van der Waals surface area contributed by atoms with Crippen LogP contribution >= 0.6 is 12.4 Å². The molecule has 0 fully saturated rings. The maximum atomic E-state index is 11.0. The minimum absolute atomic E-state index is 0. The first kappa shape index (κ1) is 15.7. The summed E-state index contributed by atoms with van der Waals surface area (Å²) in [6.07, 6.45) is 1.58. The third kappa shape index (κ3) is 7.82. The van der Waals surface area contributed by atoms with Crippen molar-refractivity contribution in [3.05, 3.63) is 0 Å². The van der Waals surface area contributed by atoms with Crippen molar-refractivity contribution in [3.8, 4) is 0 Å². The summed E-state index contributed by atoms with van der Waals surface area (Å²) in [5.41, 5.74) is 10.2. The van der Waals surface area contributed by atoms with Gasteiger partial charge < -0.3 is 16.2 Å². The van der Waals surface area contributed by atoms with Gasteiger partial charge in [0, 0.05) is 0 Å². The Hall–Kier alpha value is -0.810. The van der Waals surface area contributed by atoms with Gasteiger partial charge in [0.25, 0.3) is 0 Å². The molecule has 0 spiro atoms. The molecule has 0 aromatic heterocycles. The van der Waals surface area contributed by atoms with Crippen LogP contribution < -0.4 is 11.5 Å². The Morgan fingerprint density at radius 3 is 2.43 bits per heavy atom. The monoisotopic (exact) mass is 224 g/mol. The number of carbonyl (C=O) groups is 2. The lowest BCUT2D eigenvalue weighted by Crippen LogP contribution is -2.36. The fourth-order valence-corrected chi connectivity index (χ4v) is 0.724. The third-order valence-corrected chi connectivity index (χ3v) is 1.47. The lowest BCUT2D eigenvalue weighted by atomic mass is 10.2. The van der Waals surface area contributed by atoms with E-state index in [1.54, 1.807) is 0 Å². The van der Waals surface area contributed by atoms with Gasteiger partial charge in [-0.1, -0.05) is 13.3 Å². The maximum Gasteiger partial charge on any atom is 0.323 e. The summed E-state index contributed by atoms with van der Waals surface area (Å²) in [5.74, 6) is -1.16. The zero-order chi connectivity index (χ0) is 10.3. The Morgan fingerprint density at radius 1 is 1.43 bits per heavy atom. The molecule has 14 heavy (non-hydrogen) atoms. The molecule has 4 N–H and O–H groups in total. The number of ether oxygens (including phenoxy) is 1. The highest BCUT2D eigenvalue weighted by atomic mass is 35.5. The molecule has 0 aliphatic rings. The molecule has 0 unspecified atom stereocenters. The summed E-state index contributed by atoms with van der Waals surface area (Å²) in [4.78, 5) is 21.4. The Balaban J connectivity index is 0. The van der Waals surface area contributed by atoms with Crippen molar-refractivity contribution in [2.45, 2.75) is 32.2 Å². The lowest BCUT2D eigenvalue weighted by Gasteiger charge is -2.08. The number of amides is 1. The molecule has 0 heterocycles. The zero-order valence-corrected chi connectivity index (χ0v) is 9.01. The van der Waals surface area contributed by atoms with E-state index in [0.717, 1.165) is 12.8 Å². The predicted octanol–water partition coefficient (Wildman–Crippen LogP) is -0.0458. The molecule has 0 aromatic rings. The summed E-state index contributed by atoms with van der Waals surface area (Å²) < 4.78 is 4.77. The molecule has 0 saturated carbocycles. The van der Waals surface area contributed by atoms with Crippen LogP contribution in [0.1, 0.15) is 26.2 Å². The Kier molecular flexibility index (Phi) is 9.81. The van der Waals surface area contributed by atoms with Crippen LogP contribution in [0, 0.1) is 0 Å². The summed E-state index contributed by atoms with van der Waals surface area (Å²) in [5, 5.41) is 0. The standard InChI is InChI=1S/C8H16N2O3.ClH/c1-2-3-4-13-8(12)6(9)5-7(10)11;/h6H,2-5,9H2,1H3,(H2,10,11);1H/t6-;/m0./s1. The molecular weight excluding hydrogens is 208 g/mol. The third-order valence-electron chi connectivity index (χ3n) is 1.47. The van der Waals surface area contributed by atoms with E-state index >= 15 is 0 Å². The Labute approximate surface area is 89.6 Å². The van der Waals surface area contributed by atoms with Crippen LogP contribution in [-0.2, 0) is 14.3 Å². The van der Waals surface area contributed by atoms with Crippen molar-refractivity contribution in [3.63, 3.8) is 0 Å². The van der Waals surface area contributed by atoms with Gasteiger partial charge in [0.15, 0.2) is 0 Å². The molecule has 0 aliphatic heterocycles. The number of halogens is 1. The van der Waals surface area contributed by atoms with Crippen molar-refractivity contribution >= 4 is 24.3 Å². The number of carbonyl (C=O) groups excluding carboxylic acids is 2. The van der Waals surface area contributed by atoms with Gasteiger partial charge in [-0.15, -0.1) is 12.4 Å². The molecular formula is C8H17ClN2O3. The molecule has 1 atom stereocenters. The summed E-state index contributed by atoms with van der Waals surface area (Å²) in [7, 11) is 0. The van der Waals surface area contributed by atoms with E-state index in [9.17, 15) is 9.59 Å². The summed E-state index contributed by atoms with van der Waals surface area (Å²) in [6, 6.07) is -0.922. The van der Waals surface area contributed by atoms with Gasteiger partial charge in [0.1, 0.15) is 6.04 Å². The van der Waals surface area contributed by atoms with Crippen LogP contribution in [0.5, 0.6) is 0 Å². The highest BCUT2D eigenvalue weighted by Gasteiger charge is 2.16. The number of nitrogens with two attached hydrogens (primary N) is 2. The topological polar surface area (TPSA) is 95.4 Å². The molecule has 0 saturated heterocycles. The second kappa shape index (κ2) is 8.77. The predicted molar refractivity (Wildman–Crippen MR) is 54.9 cm³/mol. The van der Waals surface area contributed by atoms with Gasteiger partial charge in [0.2, 0.25) is 5.91 Å². The first-order valence-electron chi connectivity index (χ1n) is 4.28. The van der Waals surface area contributed by atoms with Gasteiger partial charge in [-0.2, -0.15) is 0 Å². The number of unbranched alkanes of at least 4 members (excludes halogenated alkanes) is 1. The first-order chi connectivity index (χ1) is 6.07. The SMILES string of the molecule is CCCCOC(=O)[C@@H](N)CC(N)=O.Cl. The van der Waals surface area contributed by atoms with E-state index in [1.807, 2.05) is 6.92 Å². The zero-order valence-electron chi connectivity index (χ0n) is 8.19. The fourth-order valence-electron chi connectivity index (χ4n) is 0.724. The fraction of sp³-hybridized carbons (Fsp3) is 0.750. The number of esters is 1. The highest BCUT2D eigenvalue weighted by Crippen LogP contribution is 1.94. The quantitative estimate of drug-likeness (QED) is 0.489. The molecule has 6 heteroatoms. The second-order valence-corrected chi connectivity index (χ2v) is 2.80. The van der Waals surface area contributed by atoms with Crippen LogP contribution in [0.15, 0.2) is 0 Å². The van der Waals surface area contributed by atoms with Crippen molar-refractivity contribution in [2.24, 2.45) is 11.5 Å². The van der Waals surface area contributed by atoms with E-state index in [2.05, 4.69) is 0 Å². The van der Waals surface area contributed by atoms with Crippen LogP contribution in [0.3, 0.4) is 0 Å². The van der Waals surface area contributed by atoms with Crippen molar-refractivity contribution in [1.82, 2.24) is 0 Å². The largest absolute Gasteiger partial charge is 0.465 e. The van der Waals surface area contributed by atoms with Crippen LogP contribution in [-0.4, -0.2) is 24.5 Å². The van der Waals surface area contributed by atoms with Gasteiger partial charge in [-0.25, -0.2) is 0 Å². The smallest absolute Gasteiger partial charge is 0.323 e. The number of hydrogen-bond donors (Lipinski definition) is 2. The van der Waals surface area contributed by atoms with Crippen molar-refractivity contribution < 1.29 is 14.3 Å². The normalized spacial score (nSPS) is 11.3. The summed E-state index contributed by atoms with van der Waals surface area (Å²) >= 11 is 0. The number of rotatable bonds is 6. The van der Waals surface area contributed by atoms with Crippen molar-refractivity contribution in [1.29, 1.82) is 0 Å². The minimum atomic E-state index is -0.922. The van der Waals surface area contributed by atoms with E-state index < -0.39 is 17.9 Å². The maximum absolute atomic E-state index is 11.0. The van der Waals surface area contributed by atoms with Gasteiger partial charge in [-0.05, 0) is 6.42 Å². The number of primary amides is 1. The molecule has 0 radical (unpaired) electrons. The average Bonchev–Trinajstić information content (AvgIpc) is 2.03. The van der Waals surface area contributed by atoms with Gasteiger partial charge >= 0.3 is 5.97 Å². The van der Waals surface area contributed by atoms with Crippen LogP contribution in [0.4, 0.5) is 0 Å². The van der Waals surface area contributed by atoms with Crippen molar-refractivity contribution in [2.75, 3.05) is 6.61 Å². The lowest BCUT2D eigenvalue weighted by molar-refractivity contribution is -0.146. The van der Waals surface area contributed by atoms with E-state index in [1.165, 1.54) is 0 Å². The van der Waals surface area contributed by atoms with Crippen LogP contribution in [0.2, 0.25) is 0 Å².